The van der Waals surface area contributed by atoms with Crippen molar-refractivity contribution in [3.05, 3.63) is 53.1 Å². The van der Waals surface area contributed by atoms with Crippen molar-refractivity contribution in [2.45, 2.75) is 31.9 Å². The SMILES string of the molecule is Cn1nc(C(F)(F)F)cc1-c1c2c(nn1C)CN(C(=O)c1ccnc3c1ccn3CC(F)(F)F)CC2. The van der Waals surface area contributed by atoms with Crippen LogP contribution in [0.4, 0.5) is 26.3 Å². The van der Waals surface area contributed by atoms with Crippen LogP contribution in [-0.4, -0.2) is 52.6 Å². The summed E-state index contributed by atoms with van der Waals surface area (Å²) < 4.78 is 81.7. The average molecular weight is 511 g/mol. The van der Waals surface area contributed by atoms with Crippen LogP contribution in [0.3, 0.4) is 0 Å². The van der Waals surface area contributed by atoms with Crippen molar-refractivity contribution in [2.75, 3.05) is 6.54 Å². The van der Waals surface area contributed by atoms with Gasteiger partial charge in [0.1, 0.15) is 12.2 Å². The fraction of sp³-hybridized carbons (Fsp3) is 0.364. The number of carbonyl (C=O) groups is 1. The van der Waals surface area contributed by atoms with Crippen molar-refractivity contribution in [3.63, 3.8) is 0 Å². The Bertz CT molecular complexity index is 1480. The number of aromatic nitrogens is 6. The molecular weight excluding hydrogens is 492 g/mol. The molecule has 0 saturated heterocycles. The smallest absolute Gasteiger partial charge is 0.332 e. The Kier molecular flexibility index (Phi) is 5.37. The normalized spacial score (nSPS) is 14.5. The molecule has 0 fully saturated rings. The minimum absolute atomic E-state index is 0.0488. The highest BCUT2D eigenvalue weighted by atomic mass is 19.4. The summed E-state index contributed by atoms with van der Waals surface area (Å²) in [6, 6.07) is 3.85. The number of rotatable bonds is 3. The van der Waals surface area contributed by atoms with Gasteiger partial charge in [0.15, 0.2) is 5.69 Å². The minimum Gasteiger partial charge on any atom is -0.332 e. The summed E-state index contributed by atoms with van der Waals surface area (Å²) in [5.74, 6) is -0.398. The Morgan fingerprint density at radius 1 is 1.06 bits per heavy atom. The summed E-state index contributed by atoms with van der Waals surface area (Å²) in [6.45, 7) is -0.879. The monoisotopic (exact) mass is 511 g/mol. The number of pyridine rings is 1. The van der Waals surface area contributed by atoms with Crippen LogP contribution < -0.4 is 0 Å². The summed E-state index contributed by atoms with van der Waals surface area (Å²) in [7, 11) is 3.03. The third kappa shape index (κ3) is 4.09. The number of halogens is 6. The largest absolute Gasteiger partial charge is 0.435 e. The number of nitrogens with zero attached hydrogens (tertiary/aromatic N) is 7. The van der Waals surface area contributed by atoms with E-state index in [1.165, 1.54) is 41.2 Å². The van der Waals surface area contributed by atoms with Gasteiger partial charge < -0.3 is 9.47 Å². The zero-order valence-electron chi connectivity index (χ0n) is 19.0. The lowest BCUT2D eigenvalue weighted by atomic mass is 10.0. The summed E-state index contributed by atoms with van der Waals surface area (Å²) in [6.07, 6.45) is -6.17. The molecule has 0 atom stereocenters. The topological polar surface area (TPSA) is 73.8 Å². The molecule has 1 aliphatic rings. The van der Waals surface area contributed by atoms with Crippen LogP contribution in [0.25, 0.3) is 22.4 Å². The quantitative estimate of drug-likeness (QED) is 0.391. The molecule has 36 heavy (non-hydrogen) atoms. The molecule has 0 radical (unpaired) electrons. The maximum Gasteiger partial charge on any atom is 0.435 e. The fourth-order valence-corrected chi connectivity index (χ4v) is 4.61. The van der Waals surface area contributed by atoms with E-state index in [9.17, 15) is 31.1 Å². The lowest BCUT2D eigenvalue weighted by molar-refractivity contribution is -0.141. The standard InChI is InChI=1S/C22H19F6N7O/c1-32-16(9-17(31-32)22(26,27)28)18-14-5-7-34(10-15(14)30-33(18)2)20(36)13-3-6-29-19-12(13)4-8-35(19)11-21(23,24)25/h3-4,6,8-9H,5,7,10-11H2,1-2H3. The van der Waals surface area contributed by atoms with Crippen molar-refractivity contribution in [2.24, 2.45) is 14.1 Å². The van der Waals surface area contributed by atoms with Crippen LogP contribution in [0.15, 0.2) is 30.6 Å². The van der Waals surface area contributed by atoms with Crippen molar-refractivity contribution in [3.8, 4) is 11.4 Å². The second kappa shape index (κ2) is 8.10. The third-order valence-electron chi connectivity index (χ3n) is 6.14. The molecule has 5 heterocycles. The van der Waals surface area contributed by atoms with E-state index in [0.29, 0.717) is 23.2 Å². The van der Waals surface area contributed by atoms with Crippen molar-refractivity contribution >= 4 is 16.9 Å². The van der Waals surface area contributed by atoms with Crippen molar-refractivity contribution in [1.29, 1.82) is 0 Å². The summed E-state index contributed by atoms with van der Waals surface area (Å²) in [4.78, 5) is 18.9. The highest BCUT2D eigenvalue weighted by Gasteiger charge is 2.36. The number of hydrogen-bond acceptors (Lipinski definition) is 4. The van der Waals surface area contributed by atoms with E-state index in [-0.39, 0.29) is 30.0 Å². The number of fused-ring (bicyclic) bond motifs is 2. The predicted molar refractivity (Wildman–Crippen MR) is 115 cm³/mol. The molecule has 1 aliphatic heterocycles. The van der Waals surface area contributed by atoms with E-state index in [0.717, 1.165) is 20.9 Å². The van der Waals surface area contributed by atoms with Gasteiger partial charge in [-0.2, -0.15) is 36.5 Å². The van der Waals surface area contributed by atoms with Gasteiger partial charge >= 0.3 is 12.4 Å². The van der Waals surface area contributed by atoms with Gasteiger partial charge in [-0.3, -0.25) is 14.2 Å². The number of amides is 1. The number of hydrogen-bond donors (Lipinski definition) is 0. The number of alkyl halides is 6. The van der Waals surface area contributed by atoms with Gasteiger partial charge in [-0.05, 0) is 24.6 Å². The van der Waals surface area contributed by atoms with E-state index < -0.39 is 30.5 Å². The average Bonchev–Trinajstić information content (AvgIpc) is 3.45. The Hall–Kier alpha value is -3.84. The molecule has 0 aliphatic carbocycles. The Morgan fingerprint density at radius 3 is 2.47 bits per heavy atom. The molecular formula is C22H19F6N7O. The van der Waals surface area contributed by atoms with Gasteiger partial charge in [0, 0.05) is 44.0 Å². The van der Waals surface area contributed by atoms with Crippen molar-refractivity contribution in [1.82, 2.24) is 34.0 Å². The summed E-state index contributed by atoms with van der Waals surface area (Å²) in [5, 5.41) is 8.30. The van der Waals surface area contributed by atoms with Crippen LogP contribution in [0.1, 0.15) is 27.3 Å². The fourth-order valence-electron chi connectivity index (χ4n) is 4.61. The molecule has 8 nitrogen and oxygen atoms in total. The van der Waals surface area contributed by atoms with Gasteiger partial charge in [-0.1, -0.05) is 0 Å². The maximum atomic E-state index is 13.3. The highest BCUT2D eigenvalue weighted by molar-refractivity contribution is 6.05. The van der Waals surface area contributed by atoms with Crippen LogP contribution in [0.5, 0.6) is 0 Å². The highest BCUT2D eigenvalue weighted by Crippen LogP contribution is 2.35. The van der Waals surface area contributed by atoms with Gasteiger partial charge in [-0.15, -0.1) is 0 Å². The van der Waals surface area contributed by atoms with E-state index in [1.54, 1.807) is 7.05 Å². The van der Waals surface area contributed by atoms with E-state index in [1.807, 2.05) is 0 Å². The molecule has 4 aromatic heterocycles. The zero-order valence-corrected chi connectivity index (χ0v) is 19.0. The van der Waals surface area contributed by atoms with Gasteiger partial charge in [0.2, 0.25) is 0 Å². The molecule has 0 spiro atoms. The van der Waals surface area contributed by atoms with Gasteiger partial charge in [0.05, 0.1) is 29.2 Å². The zero-order chi connectivity index (χ0) is 26.0. The molecule has 0 saturated carbocycles. The van der Waals surface area contributed by atoms with Crippen LogP contribution in [-0.2, 0) is 39.8 Å². The molecule has 0 N–H and O–H groups in total. The molecule has 190 valence electrons. The Balaban J connectivity index is 1.45. The summed E-state index contributed by atoms with van der Waals surface area (Å²) >= 11 is 0. The molecule has 1 amide bonds. The first-order valence-electron chi connectivity index (χ1n) is 10.8. The second-order valence-corrected chi connectivity index (χ2v) is 8.56. The Labute approximate surface area is 199 Å². The molecule has 0 aromatic carbocycles. The van der Waals surface area contributed by atoms with E-state index in [2.05, 4.69) is 15.2 Å². The lowest BCUT2D eigenvalue weighted by Crippen LogP contribution is -2.36. The Morgan fingerprint density at radius 2 is 1.81 bits per heavy atom. The van der Waals surface area contributed by atoms with Gasteiger partial charge in [0.25, 0.3) is 5.91 Å². The van der Waals surface area contributed by atoms with E-state index >= 15 is 0 Å². The van der Waals surface area contributed by atoms with Crippen LogP contribution in [0, 0.1) is 0 Å². The van der Waals surface area contributed by atoms with E-state index in [4.69, 9.17) is 0 Å². The number of aryl methyl sites for hydroxylation is 2. The molecule has 0 unspecified atom stereocenters. The van der Waals surface area contributed by atoms with Crippen LogP contribution >= 0.6 is 0 Å². The maximum absolute atomic E-state index is 13.3. The molecule has 4 aromatic rings. The predicted octanol–water partition coefficient (Wildman–Crippen LogP) is 3.95. The molecule has 0 bridgehead atoms. The first-order chi connectivity index (χ1) is 16.8. The van der Waals surface area contributed by atoms with Crippen LogP contribution in [0.2, 0.25) is 0 Å². The van der Waals surface area contributed by atoms with Crippen molar-refractivity contribution < 1.29 is 31.1 Å². The minimum atomic E-state index is -4.59. The summed E-state index contributed by atoms with van der Waals surface area (Å²) in [5.41, 5.74) is 1.23. The van der Waals surface area contributed by atoms with Gasteiger partial charge in [-0.25, -0.2) is 4.98 Å². The first-order valence-corrected chi connectivity index (χ1v) is 10.8. The second-order valence-electron chi connectivity index (χ2n) is 8.56. The number of carbonyl (C=O) groups excluding carboxylic acids is 1. The third-order valence-corrected chi connectivity index (χ3v) is 6.14. The first kappa shape index (κ1) is 23.9. The lowest BCUT2D eigenvalue weighted by Gasteiger charge is -2.27. The molecule has 5 rings (SSSR count). The molecule has 14 heteroatoms.